The van der Waals surface area contributed by atoms with E-state index in [1.54, 1.807) is 0 Å². The smallest absolute Gasteiger partial charge is 0.412 e. The van der Waals surface area contributed by atoms with Crippen LogP contribution < -0.4 is 11.1 Å². The Morgan fingerprint density at radius 2 is 2.04 bits per heavy atom. The Bertz CT molecular complexity index is 620. The lowest BCUT2D eigenvalue weighted by Crippen LogP contribution is -2.43. The van der Waals surface area contributed by atoms with Gasteiger partial charge in [0, 0.05) is 25.3 Å². The van der Waals surface area contributed by atoms with Gasteiger partial charge in [-0.05, 0) is 63.6 Å². The number of hydrogen-bond donors (Lipinski definition) is 2. The highest BCUT2D eigenvalue weighted by Crippen LogP contribution is 2.15. The number of amides is 1. The van der Waals surface area contributed by atoms with E-state index in [1.165, 1.54) is 12.8 Å². The summed E-state index contributed by atoms with van der Waals surface area (Å²) < 4.78 is 5.24. The highest BCUT2D eigenvalue weighted by molar-refractivity contribution is 5.84. The van der Waals surface area contributed by atoms with Crippen molar-refractivity contribution in [2.75, 3.05) is 25.0 Å². The van der Waals surface area contributed by atoms with Crippen molar-refractivity contribution in [3.05, 3.63) is 29.8 Å². The number of benzene rings is 1. The van der Waals surface area contributed by atoms with Gasteiger partial charge >= 0.3 is 6.09 Å². The van der Waals surface area contributed by atoms with E-state index in [1.807, 2.05) is 45.0 Å². The Hall–Kier alpha value is -2.24. The molecule has 6 nitrogen and oxygen atoms in total. The first-order valence-electron chi connectivity index (χ1n) is 9.37. The monoisotopic (exact) mass is 360 g/mol. The van der Waals surface area contributed by atoms with Crippen molar-refractivity contribution >= 4 is 17.7 Å². The standard InChI is InChI=1S/C20H32N4O2/c1-15-6-5-13-24(14-15)18(21)22-12-11-16-7-9-17(10-8-16)23-19(25)26-20(2,3)4/h7-10,15H,5-6,11-14H2,1-4H3,(H2,21,22)(H,23,25). The summed E-state index contributed by atoms with van der Waals surface area (Å²) in [6.07, 6.45) is 2.83. The largest absolute Gasteiger partial charge is 0.444 e. The first-order chi connectivity index (χ1) is 12.2. The Labute approximate surface area is 156 Å². The number of ether oxygens (including phenoxy) is 1. The molecule has 0 aliphatic carbocycles. The molecule has 0 bridgehead atoms. The Morgan fingerprint density at radius 3 is 2.65 bits per heavy atom. The topological polar surface area (TPSA) is 80.0 Å². The third-order valence-electron chi connectivity index (χ3n) is 4.25. The summed E-state index contributed by atoms with van der Waals surface area (Å²) in [5.74, 6) is 1.34. The molecule has 0 aromatic heterocycles. The molecule has 1 fully saturated rings. The van der Waals surface area contributed by atoms with Gasteiger partial charge in [0.2, 0.25) is 0 Å². The number of carbonyl (C=O) groups excluding carboxylic acids is 1. The number of aliphatic imine (C=N–C) groups is 1. The van der Waals surface area contributed by atoms with Gasteiger partial charge in [-0.1, -0.05) is 19.1 Å². The normalized spacial score (nSPS) is 18.5. The van der Waals surface area contributed by atoms with E-state index >= 15 is 0 Å². The molecule has 0 saturated carbocycles. The average molecular weight is 361 g/mol. The summed E-state index contributed by atoms with van der Waals surface area (Å²) in [4.78, 5) is 18.5. The molecule has 1 aliphatic rings. The second-order valence-electron chi connectivity index (χ2n) is 8.01. The molecular weight excluding hydrogens is 328 g/mol. The van der Waals surface area contributed by atoms with E-state index in [9.17, 15) is 4.79 Å². The number of piperidine rings is 1. The molecule has 1 atom stereocenters. The van der Waals surface area contributed by atoms with Crippen molar-refractivity contribution in [1.29, 1.82) is 0 Å². The number of anilines is 1. The van der Waals surface area contributed by atoms with Gasteiger partial charge in [-0.25, -0.2) is 4.79 Å². The predicted molar refractivity (Wildman–Crippen MR) is 106 cm³/mol. The molecule has 1 aliphatic heterocycles. The Kier molecular flexibility index (Phi) is 6.89. The molecule has 1 unspecified atom stereocenters. The van der Waals surface area contributed by atoms with Crippen LogP contribution in [-0.4, -0.2) is 42.2 Å². The van der Waals surface area contributed by atoms with Crippen molar-refractivity contribution in [3.63, 3.8) is 0 Å². The summed E-state index contributed by atoms with van der Waals surface area (Å²) in [7, 11) is 0. The third-order valence-corrected chi connectivity index (χ3v) is 4.25. The van der Waals surface area contributed by atoms with E-state index in [4.69, 9.17) is 10.5 Å². The first-order valence-corrected chi connectivity index (χ1v) is 9.37. The van der Waals surface area contributed by atoms with Crippen molar-refractivity contribution < 1.29 is 9.53 Å². The minimum Gasteiger partial charge on any atom is -0.444 e. The quantitative estimate of drug-likeness (QED) is 0.635. The summed E-state index contributed by atoms with van der Waals surface area (Å²) in [6, 6.07) is 7.72. The summed E-state index contributed by atoms with van der Waals surface area (Å²) in [5, 5.41) is 2.73. The lowest BCUT2D eigenvalue weighted by molar-refractivity contribution is 0.0636. The van der Waals surface area contributed by atoms with Gasteiger partial charge in [0.15, 0.2) is 5.96 Å². The molecule has 0 spiro atoms. The van der Waals surface area contributed by atoms with Crippen LogP contribution >= 0.6 is 0 Å². The van der Waals surface area contributed by atoms with Crippen molar-refractivity contribution in [3.8, 4) is 0 Å². The molecule has 144 valence electrons. The second-order valence-corrected chi connectivity index (χ2v) is 8.01. The predicted octanol–water partition coefficient (Wildman–Crippen LogP) is 3.62. The number of hydrogen-bond acceptors (Lipinski definition) is 3. The second kappa shape index (κ2) is 8.92. The fourth-order valence-electron chi connectivity index (χ4n) is 2.97. The summed E-state index contributed by atoms with van der Waals surface area (Å²) in [6.45, 7) is 10.4. The van der Waals surface area contributed by atoms with Gasteiger partial charge in [-0.3, -0.25) is 10.3 Å². The van der Waals surface area contributed by atoms with Crippen LogP contribution in [0.4, 0.5) is 10.5 Å². The Balaban J connectivity index is 1.80. The van der Waals surface area contributed by atoms with Gasteiger partial charge in [0.25, 0.3) is 0 Å². The van der Waals surface area contributed by atoms with Crippen molar-refractivity contribution in [2.45, 2.75) is 52.6 Å². The lowest BCUT2D eigenvalue weighted by Gasteiger charge is -2.31. The number of rotatable bonds is 4. The van der Waals surface area contributed by atoms with Crippen LogP contribution in [0.1, 0.15) is 46.1 Å². The number of likely N-dealkylation sites (tertiary alicyclic amines) is 1. The van der Waals surface area contributed by atoms with Gasteiger partial charge in [-0.15, -0.1) is 0 Å². The van der Waals surface area contributed by atoms with E-state index in [0.29, 0.717) is 24.1 Å². The number of guanidine groups is 1. The fraction of sp³-hybridized carbons (Fsp3) is 0.600. The lowest BCUT2D eigenvalue weighted by atomic mass is 10.0. The Morgan fingerprint density at radius 1 is 1.35 bits per heavy atom. The number of nitrogens with zero attached hydrogens (tertiary/aromatic N) is 2. The molecule has 2 rings (SSSR count). The maximum absolute atomic E-state index is 11.8. The highest BCUT2D eigenvalue weighted by atomic mass is 16.6. The van der Waals surface area contributed by atoms with Crippen LogP contribution in [0.3, 0.4) is 0 Å². The van der Waals surface area contributed by atoms with Crippen molar-refractivity contribution in [2.24, 2.45) is 16.6 Å². The minimum atomic E-state index is -0.506. The molecule has 1 aromatic rings. The molecule has 1 aromatic carbocycles. The average Bonchev–Trinajstić information content (AvgIpc) is 2.54. The van der Waals surface area contributed by atoms with Crippen LogP contribution in [0.5, 0.6) is 0 Å². The van der Waals surface area contributed by atoms with Crippen LogP contribution in [0.2, 0.25) is 0 Å². The van der Waals surface area contributed by atoms with Crippen LogP contribution in [0, 0.1) is 5.92 Å². The molecule has 6 heteroatoms. The number of nitrogens with one attached hydrogen (secondary N) is 1. The van der Waals surface area contributed by atoms with Gasteiger partial charge in [0.1, 0.15) is 5.60 Å². The molecule has 0 radical (unpaired) electrons. The SMILES string of the molecule is CC1CCCN(C(N)=NCCc2ccc(NC(=O)OC(C)(C)C)cc2)C1. The zero-order chi connectivity index (χ0) is 19.2. The van der Waals surface area contributed by atoms with Crippen LogP contribution in [0.15, 0.2) is 29.3 Å². The first kappa shape index (κ1) is 20.1. The third kappa shape index (κ3) is 6.94. The maximum Gasteiger partial charge on any atom is 0.412 e. The number of carbonyl (C=O) groups is 1. The van der Waals surface area contributed by atoms with E-state index in [2.05, 4.69) is 22.1 Å². The molecular formula is C20H32N4O2. The zero-order valence-corrected chi connectivity index (χ0v) is 16.4. The summed E-state index contributed by atoms with van der Waals surface area (Å²) >= 11 is 0. The molecule has 3 N–H and O–H groups in total. The molecule has 1 amide bonds. The molecule has 1 heterocycles. The van der Waals surface area contributed by atoms with Gasteiger partial charge in [-0.2, -0.15) is 0 Å². The van der Waals surface area contributed by atoms with Gasteiger partial charge < -0.3 is 15.4 Å². The highest BCUT2D eigenvalue weighted by Gasteiger charge is 2.17. The van der Waals surface area contributed by atoms with E-state index < -0.39 is 11.7 Å². The number of nitrogens with two attached hydrogens (primary N) is 1. The summed E-state index contributed by atoms with van der Waals surface area (Å²) in [5.41, 5.74) is 7.48. The molecule has 26 heavy (non-hydrogen) atoms. The fourth-order valence-corrected chi connectivity index (χ4v) is 2.97. The van der Waals surface area contributed by atoms with Crippen molar-refractivity contribution in [1.82, 2.24) is 4.90 Å². The molecule has 1 saturated heterocycles. The van der Waals surface area contributed by atoms with Gasteiger partial charge in [0.05, 0.1) is 0 Å². The van der Waals surface area contributed by atoms with Crippen LogP contribution in [-0.2, 0) is 11.2 Å². The minimum absolute atomic E-state index is 0.446. The zero-order valence-electron chi connectivity index (χ0n) is 16.4. The maximum atomic E-state index is 11.8. The van der Waals surface area contributed by atoms with E-state index in [-0.39, 0.29) is 0 Å². The van der Waals surface area contributed by atoms with E-state index in [0.717, 1.165) is 25.1 Å². The van der Waals surface area contributed by atoms with Crippen LogP contribution in [0.25, 0.3) is 0 Å².